The first-order valence-corrected chi connectivity index (χ1v) is 6.77. The highest BCUT2D eigenvalue weighted by Gasteiger charge is 2.11. The molecule has 1 aromatic rings. The van der Waals surface area contributed by atoms with Crippen LogP contribution in [-0.4, -0.2) is 37.5 Å². The molecule has 3 N–H and O–H groups in total. The molecule has 0 unspecified atom stereocenters. The number of carbonyl (C=O) groups excluding carboxylic acids is 1. The highest BCUT2D eigenvalue weighted by atomic mass is 79.9. The van der Waals surface area contributed by atoms with Crippen LogP contribution in [0.15, 0.2) is 16.6 Å². The SMILES string of the molecule is CCN(C)CCNC(=O)c1cc(Br)cc(N)c1C. The second-order valence-electron chi connectivity index (χ2n) is 4.32. The molecule has 0 bridgehead atoms. The average molecular weight is 314 g/mol. The van der Waals surface area contributed by atoms with Crippen LogP contribution in [0, 0.1) is 6.92 Å². The van der Waals surface area contributed by atoms with Gasteiger partial charge in [-0.1, -0.05) is 22.9 Å². The van der Waals surface area contributed by atoms with Crippen LogP contribution in [0.5, 0.6) is 0 Å². The molecule has 0 radical (unpaired) electrons. The van der Waals surface area contributed by atoms with E-state index in [4.69, 9.17) is 5.73 Å². The van der Waals surface area contributed by atoms with Gasteiger partial charge in [-0.2, -0.15) is 0 Å². The summed E-state index contributed by atoms with van der Waals surface area (Å²) in [5.41, 5.74) is 7.91. The van der Waals surface area contributed by atoms with Gasteiger partial charge in [0.15, 0.2) is 0 Å². The molecule has 18 heavy (non-hydrogen) atoms. The normalized spacial score (nSPS) is 10.7. The third-order valence-electron chi connectivity index (χ3n) is 2.98. The number of hydrogen-bond donors (Lipinski definition) is 2. The van der Waals surface area contributed by atoms with Gasteiger partial charge >= 0.3 is 0 Å². The van der Waals surface area contributed by atoms with Crippen LogP contribution in [-0.2, 0) is 0 Å². The molecule has 5 heteroatoms. The van der Waals surface area contributed by atoms with Gasteiger partial charge < -0.3 is 16.0 Å². The Labute approximate surface area is 117 Å². The van der Waals surface area contributed by atoms with E-state index in [2.05, 4.69) is 33.1 Å². The maximum atomic E-state index is 12.0. The van der Waals surface area contributed by atoms with Crippen molar-refractivity contribution in [2.45, 2.75) is 13.8 Å². The summed E-state index contributed by atoms with van der Waals surface area (Å²) in [5.74, 6) is -0.0787. The highest BCUT2D eigenvalue weighted by Crippen LogP contribution is 2.22. The van der Waals surface area contributed by atoms with Crippen molar-refractivity contribution in [3.8, 4) is 0 Å². The van der Waals surface area contributed by atoms with E-state index in [1.54, 1.807) is 12.1 Å². The minimum absolute atomic E-state index is 0.0787. The van der Waals surface area contributed by atoms with Gasteiger partial charge in [0.05, 0.1) is 0 Å². The lowest BCUT2D eigenvalue weighted by atomic mass is 10.1. The fourth-order valence-electron chi connectivity index (χ4n) is 1.55. The molecule has 0 heterocycles. The number of nitrogens with two attached hydrogens (primary N) is 1. The molecule has 100 valence electrons. The monoisotopic (exact) mass is 313 g/mol. The van der Waals surface area contributed by atoms with Crippen molar-refractivity contribution < 1.29 is 4.79 Å². The third kappa shape index (κ3) is 3.99. The number of benzene rings is 1. The van der Waals surface area contributed by atoms with Crippen molar-refractivity contribution in [1.82, 2.24) is 10.2 Å². The predicted octanol–water partition coefficient (Wildman–Crippen LogP) is 2.02. The van der Waals surface area contributed by atoms with Gasteiger partial charge in [0, 0.05) is 28.8 Å². The summed E-state index contributed by atoms with van der Waals surface area (Å²) in [6.45, 7) is 6.38. The Morgan fingerprint density at radius 1 is 1.50 bits per heavy atom. The molecule has 1 aromatic carbocycles. The van der Waals surface area contributed by atoms with Crippen LogP contribution < -0.4 is 11.1 Å². The Morgan fingerprint density at radius 2 is 2.17 bits per heavy atom. The van der Waals surface area contributed by atoms with Crippen LogP contribution in [0.2, 0.25) is 0 Å². The van der Waals surface area contributed by atoms with Gasteiger partial charge in [0.25, 0.3) is 5.91 Å². The Balaban J connectivity index is 2.67. The standard InChI is InChI=1S/C13H20BrN3O/c1-4-17(3)6-5-16-13(18)11-7-10(14)8-12(15)9(11)2/h7-8H,4-6,15H2,1-3H3,(H,16,18). The summed E-state index contributed by atoms with van der Waals surface area (Å²) >= 11 is 3.35. The molecule has 0 atom stereocenters. The van der Waals surface area contributed by atoms with E-state index in [-0.39, 0.29) is 5.91 Å². The summed E-state index contributed by atoms with van der Waals surface area (Å²) in [6.07, 6.45) is 0. The Bertz CT molecular complexity index is 434. The van der Waals surface area contributed by atoms with Gasteiger partial charge in [0.2, 0.25) is 0 Å². The van der Waals surface area contributed by atoms with Gasteiger partial charge in [0.1, 0.15) is 0 Å². The molecule has 0 saturated heterocycles. The minimum atomic E-state index is -0.0787. The summed E-state index contributed by atoms with van der Waals surface area (Å²) < 4.78 is 0.821. The number of amides is 1. The van der Waals surface area contributed by atoms with Gasteiger partial charge in [-0.15, -0.1) is 0 Å². The Kier molecular flexibility index (Phi) is 5.62. The number of rotatable bonds is 5. The fourth-order valence-corrected chi connectivity index (χ4v) is 2.03. The van der Waals surface area contributed by atoms with Gasteiger partial charge in [-0.05, 0) is 38.2 Å². The molecular weight excluding hydrogens is 294 g/mol. The molecule has 0 aliphatic rings. The van der Waals surface area contributed by atoms with Crippen molar-refractivity contribution in [3.63, 3.8) is 0 Å². The summed E-state index contributed by atoms with van der Waals surface area (Å²) in [5, 5.41) is 2.90. The van der Waals surface area contributed by atoms with E-state index in [9.17, 15) is 4.79 Å². The Morgan fingerprint density at radius 3 is 2.78 bits per heavy atom. The number of halogens is 1. The van der Waals surface area contributed by atoms with E-state index < -0.39 is 0 Å². The first-order valence-electron chi connectivity index (χ1n) is 5.98. The molecule has 0 aliphatic heterocycles. The second-order valence-corrected chi connectivity index (χ2v) is 5.24. The second kappa shape index (κ2) is 6.75. The van der Waals surface area contributed by atoms with E-state index in [1.807, 2.05) is 14.0 Å². The lowest BCUT2D eigenvalue weighted by Crippen LogP contribution is -2.33. The zero-order valence-corrected chi connectivity index (χ0v) is 12.7. The number of nitrogens with one attached hydrogen (secondary N) is 1. The maximum absolute atomic E-state index is 12.0. The van der Waals surface area contributed by atoms with E-state index in [1.165, 1.54) is 0 Å². The number of nitrogens with zero attached hydrogens (tertiary/aromatic N) is 1. The smallest absolute Gasteiger partial charge is 0.251 e. The molecule has 0 aromatic heterocycles. The average Bonchev–Trinajstić information content (AvgIpc) is 2.33. The van der Waals surface area contributed by atoms with Crippen LogP contribution in [0.25, 0.3) is 0 Å². The quantitative estimate of drug-likeness (QED) is 0.818. The van der Waals surface area contributed by atoms with E-state index >= 15 is 0 Å². The van der Waals surface area contributed by atoms with Crippen molar-refractivity contribution >= 4 is 27.5 Å². The number of carbonyl (C=O) groups is 1. The molecule has 0 fully saturated rings. The summed E-state index contributed by atoms with van der Waals surface area (Å²) in [7, 11) is 2.02. The highest BCUT2D eigenvalue weighted by molar-refractivity contribution is 9.10. The van der Waals surface area contributed by atoms with Crippen molar-refractivity contribution in [2.75, 3.05) is 32.4 Å². The number of likely N-dealkylation sites (N-methyl/N-ethyl adjacent to an activating group) is 1. The molecule has 1 amide bonds. The number of anilines is 1. The predicted molar refractivity (Wildman–Crippen MR) is 78.8 cm³/mol. The topological polar surface area (TPSA) is 58.4 Å². The molecule has 0 saturated carbocycles. The third-order valence-corrected chi connectivity index (χ3v) is 3.43. The fraction of sp³-hybridized carbons (Fsp3) is 0.462. The maximum Gasteiger partial charge on any atom is 0.251 e. The molecule has 1 rings (SSSR count). The molecule has 4 nitrogen and oxygen atoms in total. The zero-order chi connectivity index (χ0) is 13.7. The summed E-state index contributed by atoms with van der Waals surface area (Å²) in [4.78, 5) is 14.2. The van der Waals surface area contributed by atoms with Gasteiger partial charge in [-0.3, -0.25) is 4.79 Å². The van der Waals surface area contributed by atoms with Crippen molar-refractivity contribution in [2.24, 2.45) is 0 Å². The Hall–Kier alpha value is -1.07. The van der Waals surface area contributed by atoms with Gasteiger partial charge in [-0.25, -0.2) is 0 Å². The van der Waals surface area contributed by atoms with Crippen LogP contribution in [0.4, 0.5) is 5.69 Å². The lowest BCUT2D eigenvalue weighted by Gasteiger charge is -2.15. The molecular formula is C13H20BrN3O. The van der Waals surface area contributed by atoms with Crippen LogP contribution in [0.3, 0.4) is 0 Å². The molecule has 0 aliphatic carbocycles. The van der Waals surface area contributed by atoms with Crippen molar-refractivity contribution in [3.05, 3.63) is 27.7 Å². The first-order chi connectivity index (χ1) is 8.45. The van der Waals surface area contributed by atoms with Crippen LogP contribution in [0.1, 0.15) is 22.8 Å². The number of hydrogen-bond acceptors (Lipinski definition) is 3. The van der Waals surface area contributed by atoms with Crippen molar-refractivity contribution in [1.29, 1.82) is 0 Å². The first kappa shape index (κ1) is 15.0. The summed E-state index contributed by atoms with van der Waals surface area (Å²) in [6, 6.07) is 3.60. The minimum Gasteiger partial charge on any atom is -0.398 e. The largest absolute Gasteiger partial charge is 0.398 e. The van der Waals surface area contributed by atoms with E-state index in [0.717, 1.165) is 23.1 Å². The van der Waals surface area contributed by atoms with Crippen LogP contribution >= 0.6 is 15.9 Å². The van der Waals surface area contributed by atoms with E-state index in [0.29, 0.717) is 17.8 Å². The molecule has 0 spiro atoms. The lowest BCUT2D eigenvalue weighted by molar-refractivity contribution is 0.0949. The zero-order valence-electron chi connectivity index (χ0n) is 11.1. The number of nitrogen functional groups attached to an aromatic ring is 1.